The fraction of sp³-hybridized carbons (Fsp3) is 0.238. The van der Waals surface area contributed by atoms with Gasteiger partial charge in [-0.05, 0) is 145 Å². The van der Waals surface area contributed by atoms with Crippen molar-refractivity contribution in [1.29, 1.82) is 0 Å². The molecule has 3 aliphatic rings. The van der Waals surface area contributed by atoms with E-state index in [1.54, 1.807) is 0 Å². The largest absolute Gasteiger partial charge is 0.355 e. The van der Waals surface area contributed by atoms with Gasteiger partial charge in [-0.3, -0.25) is 0 Å². The topological polar surface area (TPSA) is 17.0 Å². The van der Waals surface area contributed by atoms with E-state index in [2.05, 4.69) is 213 Å². The normalized spacial score (nSPS) is 16.4. The molecule has 1 N–H and O–H groups in total. The molecule has 331 valence electrons. The third-order valence-corrected chi connectivity index (χ3v) is 18.9. The lowest BCUT2D eigenvalue weighted by Crippen LogP contribution is -2.37. The minimum Gasteiger partial charge on any atom is -0.355 e. The average Bonchev–Trinajstić information content (AvgIpc) is 4.02. The first-order chi connectivity index (χ1) is 32.5. The third-order valence-electron chi connectivity index (χ3n) is 16.6. The number of hydrogen-bond donors (Lipinski definition) is 1. The lowest BCUT2D eigenvalue weighted by atomic mass is 9.59. The molecule has 1 aliphatic heterocycles. The van der Waals surface area contributed by atoms with E-state index in [0.717, 1.165) is 11.4 Å². The average molecular weight is 914 g/mol. The summed E-state index contributed by atoms with van der Waals surface area (Å²) >= 11 is 3.85. The molecule has 4 heterocycles. The molecule has 0 fully saturated rings. The number of rotatable bonds is 3. The summed E-state index contributed by atoms with van der Waals surface area (Å²) in [6, 6.07) is 52.1. The minimum atomic E-state index is -0.0979. The van der Waals surface area contributed by atoms with Crippen molar-refractivity contribution in [1.82, 2.24) is 4.57 Å². The fourth-order valence-electron chi connectivity index (χ4n) is 12.6. The highest BCUT2D eigenvalue weighted by Crippen LogP contribution is 2.53. The maximum absolute atomic E-state index is 4.02. The van der Waals surface area contributed by atoms with Gasteiger partial charge in [0.1, 0.15) is 0 Å². The number of fused-ring (bicyclic) bond motifs is 15. The molecular formula is C63H54BN2S2. The van der Waals surface area contributed by atoms with Crippen LogP contribution in [0.1, 0.15) is 103 Å². The Morgan fingerprint density at radius 3 is 1.97 bits per heavy atom. The van der Waals surface area contributed by atoms with Gasteiger partial charge in [0, 0.05) is 79.3 Å². The Morgan fingerprint density at radius 1 is 0.515 bits per heavy atom. The minimum absolute atomic E-state index is 0.0742. The van der Waals surface area contributed by atoms with Gasteiger partial charge in [0.2, 0.25) is 0 Å². The highest BCUT2D eigenvalue weighted by molar-refractivity contribution is 7.26. The van der Waals surface area contributed by atoms with Crippen LogP contribution in [0.25, 0.3) is 90.1 Å². The van der Waals surface area contributed by atoms with Crippen LogP contribution in [-0.2, 0) is 21.7 Å². The maximum atomic E-state index is 4.02. The summed E-state index contributed by atoms with van der Waals surface area (Å²) in [7, 11) is 2.52. The molecule has 0 unspecified atom stereocenters. The van der Waals surface area contributed by atoms with Crippen LogP contribution in [-0.4, -0.2) is 11.8 Å². The second-order valence-corrected chi connectivity index (χ2v) is 25.3. The molecule has 0 bridgehead atoms. The van der Waals surface area contributed by atoms with Crippen LogP contribution < -0.4 is 16.2 Å². The molecule has 11 aromatic rings. The molecule has 0 saturated carbocycles. The lowest BCUT2D eigenvalue weighted by molar-refractivity contribution is 0.332. The zero-order valence-corrected chi connectivity index (χ0v) is 42.1. The first-order valence-electron chi connectivity index (χ1n) is 24.5. The number of nitrogens with zero attached hydrogens (tertiary/aromatic N) is 1. The monoisotopic (exact) mass is 913 g/mol. The summed E-state index contributed by atoms with van der Waals surface area (Å²) in [5.74, 6) is 0. The van der Waals surface area contributed by atoms with Gasteiger partial charge >= 0.3 is 0 Å². The number of nitrogens with one attached hydrogen (secondary N) is 1. The summed E-state index contributed by atoms with van der Waals surface area (Å²) in [6.45, 7) is 21.5. The van der Waals surface area contributed by atoms with Crippen molar-refractivity contribution in [3.05, 3.63) is 161 Å². The van der Waals surface area contributed by atoms with E-state index in [1.807, 2.05) is 22.7 Å². The molecule has 2 nitrogen and oxygen atoms in total. The maximum Gasteiger partial charge on any atom is 0.197 e. The zero-order chi connectivity index (χ0) is 46.4. The molecule has 3 aromatic heterocycles. The van der Waals surface area contributed by atoms with Gasteiger partial charge < -0.3 is 9.88 Å². The van der Waals surface area contributed by atoms with Gasteiger partial charge in [-0.25, -0.2) is 0 Å². The second kappa shape index (κ2) is 13.6. The van der Waals surface area contributed by atoms with Crippen LogP contribution in [0.5, 0.6) is 0 Å². The standard InChI is InChI=1S/C63H54BN2S2/c1-60(2,3)34-18-20-35(21-19-34)65-51-32-56-43(44-28-48-49(31-55(44)68-56)62(6,7)25-24-61(48,4)5)26-41(51)38-22-23-39-42-27-47-40(36-14-10-12-16-46(36)63(47,8)9)30-52(42)66-53-33-57-45(29-50(53)64-58(38)59(39)66)37-15-11-13-17-54(37)67-57/h10-23,26-33,65H,24-25H2,1-9H3. The quantitative estimate of drug-likeness (QED) is 0.175. The number of hydrogen-bond acceptors (Lipinski definition) is 3. The van der Waals surface area contributed by atoms with Crippen molar-refractivity contribution >= 4 is 114 Å². The summed E-state index contributed by atoms with van der Waals surface area (Å²) in [6.07, 6.45) is 2.40. The fourth-order valence-corrected chi connectivity index (χ4v) is 14.9. The van der Waals surface area contributed by atoms with E-state index in [0.29, 0.717) is 0 Å². The number of anilines is 2. The Morgan fingerprint density at radius 2 is 1.18 bits per heavy atom. The molecule has 2 aliphatic carbocycles. The van der Waals surface area contributed by atoms with Crippen LogP contribution in [0.3, 0.4) is 0 Å². The van der Waals surface area contributed by atoms with E-state index in [1.165, 1.54) is 142 Å². The Hall–Kier alpha value is -6.14. The molecule has 0 amide bonds. The molecule has 0 saturated heterocycles. The summed E-state index contributed by atoms with van der Waals surface area (Å²) < 4.78 is 7.98. The molecule has 14 rings (SSSR count). The third kappa shape index (κ3) is 5.64. The van der Waals surface area contributed by atoms with Crippen molar-refractivity contribution in [2.75, 3.05) is 5.32 Å². The van der Waals surface area contributed by atoms with Gasteiger partial charge in [0.05, 0.1) is 5.52 Å². The Labute approximate surface area is 407 Å². The van der Waals surface area contributed by atoms with E-state index in [-0.39, 0.29) is 21.7 Å². The lowest BCUT2D eigenvalue weighted by Gasteiger charge is -2.41. The van der Waals surface area contributed by atoms with Crippen LogP contribution in [0.2, 0.25) is 0 Å². The van der Waals surface area contributed by atoms with Crippen molar-refractivity contribution in [2.45, 2.75) is 96.8 Å². The highest BCUT2D eigenvalue weighted by Gasteiger charge is 2.39. The smallest absolute Gasteiger partial charge is 0.197 e. The van der Waals surface area contributed by atoms with Gasteiger partial charge in [-0.1, -0.05) is 141 Å². The molecule has 8 aromatic carbocycles. The van der Waals surface area contributed by atoms with E-state index < -0.39 is 0 Å². The van der Waals surface area contributed by atoms with Crippen molar-refractivity contribution in [3.8, 4) is 27.9 Å². The molecular weight excluding hydrogens is 860 g/mol. The Kier molecular flexibility index (Phi) is 8.15. The van der Waals surface area contributed by atoms with Crippen LogP contribution in [0, 0.1) is 0 Å². The van der Waals surface area contributed by atoms with Crippen molar-refractivity contribution in [3.63, 3.8) is 0 Å². The van der Waals surface area contributed by atoms with Gasteiger partial charge in [0.25, 0.3) is 0 Å². The molecule has 0 spiro atoms. The molecule has 68 heavy (non-hydrogen) atoms. The number of aromatic nitrogens is 1. The zero-order valence-electron chi connectivity index (χ0n) is 40.5. The molecule has 0 atom stereocenters. The highest BCUT2D eigenvalue weighted by atomic mass is 32.1. The van der Waals surface area contributed by atoms with E-state index in [4.69, 9.17) is 0 Å². The predicted molar refractivity (Wildman–Crippen MR) is 298 cm³/mol. The number of thiophene rings is 2. The summed E-state index contributed by atoms with van der Waals surface area (Å²) in [4.78, 5) is 0. The number of benzene rings is 8. The van der Waals surface area contributed by atoms with E-state index >= 15 is 0 Å². The van der Waals surface area contributed by atoms with Crippen LogP contribution in [0.4, 0.5) is 11.4 Å². The summed E-state index contributed by atoms with van der Waals surface area (Å²) in [5.41, 5.74) is 21.2. The predicted octanol–water partition coefficient (Wildman–Crippen LogP) is 16.9. The van der Waals surface area contributed by atoms with Gasteiger partial charge in [-0.2, -0.15) is 0 Å². The van der Waals surface area contributed by atoms with Gasteiger partial charge in [-0.15, -0.1) is 22.7 Å². The van der Waals surface area contributed by atoms with E-state index in [9.17, 15) is 0 Å². The first kappa shape index (κ1) is 40.9. The van der Waals surface area contributed by atoms with Gasteiger partial charge in [0.15, 0.2) is 7.28 Å². The first-order valence-corrected chi connectivity index (χ1v) is 26.2. The van der Waals surface area contributed by atoms with Crippen molar-refractivity contribution < 1.29 is 0 Å². The summed E-state index contributed by atoms with van der Waals surface area (Å²) in [5, 5.41) is 12.0. The SMILES string of the molecule is CC(C)(C)c1ccc(Nc2cc3sc4cc5c(cc4c3cc2-c2ccc3c4cc6c(cc4n4c3c2[B]c2cc3c(cc2-4)sc2ccccc23)-c2ccccc2C6(C)C)C(C)(C)CCC5(C)C)cc1. The van der Waals surface area contributed by atoms with Crippen LogP contribution >= 0.6 is 22.7 Å². The Balaban J connectivity index is 1.07. The van der Waals surface area contributed by atoms with Crippen molar-refractivity contribution in [2.24, 2.45) is 0 Å². The molecule has 5 heteroatoms. The van der Waals surface area contributed by atoms with Crippen LogP contribution in [0.15, 0.2) is 133 Å². The second-order valence-electron chi connectivity index (χ2n) is 23.1. The Bertz CT molecular complexity index is 4030. The molecule has 1 radical (unpaired) electrons.